The van der Waals surface area contributed by atoms with Gasteiger partial charge < -0.3 is 23.9 Å². The molecular formula is C26H23NO6. The van der Waals surface area contributed by atoms with E-state index in [-0.39, 0.29) is 24.0 Å². The Morgan fingerprint density at radius 1 is 1.15 bits per heavy atom. The zero-order chi connectivity index (χ0) is 23.1. The molecule has 3 aromatic rings. The van der Waals surface area contributed by atoms with Crippen molar-refractivity contribution >= 4 is 17.4 Å². The molecule has 0 aliphatic carbocycles. The van der Waals surface area contributed by atoms with E-state index in [0.717, 1.165) is 11.3 Å². The van der Waals surface area contributed by atoms with Crippen LogP contribution in [0.3, 0.4) is 0 Å². The van der Waals surface area contributed by atoms with Gasteiger partial charge in [-0.1, -0.05) is 12.1 Å². The Balaban J connectivity index is 1.64. The minimum absolute atomic E-state index is 0.0340. The summed E-state index contributed by atoms with van der Waals surface area (Å²) < 4.78 is 16.5. The van der Waals surface area contributed by atoms with Crippen molar-refractivity contribution < 1.29 is 28.6 Å². The number of hydrogen-bond donors (Lipinski definition) is 1. The van der Waals surface area contributed by atoms with Gasteiger partial charge in [-0.15, -0.1) is 0 Å². The predicted molar refractivity (Wildman–Crippen MR) is 120 cm³/mol. The van der Waals surface area contributed by atoms with Crippen molar-refractivity contribution in [3.8, 4) is 11.5 Å². The van der Waals surface area contributed by atoms with Gasteiger partial charge >= 0.3 is 0 Å². The summed E-state index contributed by atoms with van der Waals surface area (Å²) in [6.07, 6.45) is 2.27. The standard InChI is InChI=1S/C26H23NO6/c1-15-11-18-12-17(8-9-21(18)33-15)24(28)22-23(16-5-3-6-19(13-16)31-2)27(26(30)25(22)29)14-20-7-4-10-32-20/h3-10,12-13,15,23,28H,11,14H2,1-2H3/b24-22-. The van der Waals surface area contributed by atoms with Gasteiger partial charge in [0.1, 0.15) is 29.1 Å². The number of aliphatic hydroxyl groups is 1. The van der Waals surface area contributed by atoms with Crippen LogP contribution in [0.2, 0.25) is 0 Å². The number of Topliss-reactive ketones (excluding diaryl/α,β-unsaturated/α-hetero) is 1. The van der Waals surface area contributed by atoms with Gasteiger partial charge in [0.2, 0.25) is 0 Å². The molecule has 3 heterocycles. The normalized spacial score (nSPS) is 21.2. The number of nitrogens with zero attached hydrogens (tertiary/aromatic N) is 1. The van der Waals surface area contributed by atoms with E-state index >= 15 is 0 Å². The van der Waals surface area contributed by atoms with Crippen molar-refractivity contribution in [1.29, 1.82) is 0 Å². The lowest BCUT2D eigenvalue weighted by Crippen LogP contribution is -2.29. The molecule has 0 bridgehead atoms. The van der Waals surface area contributed by atoms with Crippen LogP contribution in [-0.4, -0.2) is 34.9 Å². The number of hydrogen-bond acceptors (Lipinski definition) is 6. The van der Waals surface area contributed by atoms with Crippen LogP contribution in [0.25, 0.3) is 5.76 Å². The number of fused-ring (bicyclic) bond motifs is 1. The third-order valence-corrected chi connectivity index (χ3v) is 6.03. The van der Waals surface area contributed by atoms with Crippen LogP contribution in [0.1, 0.15) is 35.4 Å². The molecule has 2 aliphatic heterocycles. The van der Waals surface area contributed by atoms with Crippen molar-refractivity contribution in [2.75, 3.05) is 7.11 Å². The molecule has 2 aromatic carbocycles. The van der Waals surface area contributed by atoms with Crippen LogP contribution in [0.15, 0.2) is 70.9 Å². The molecule has 33 heavy (non-hydrogen) atoms. The Bertz CT molecular complexity index is 1260. The maximum absolute atomic E-state index is 13.2. The molecule has 2 aliphatic rings. The zero-order valence-electron chi connectivity index (χ0n) is 18.3. The molecule has 2 unspecified atom stereocenters. The van der Waals surface area contributed by atoms with E-state index in [9.17, 15) is 14.7 Å². The fourth-order valence-corrected chi connectivity index (χ4v) is 4.50. The van der Waals surface area contributed by atoms with E-state index in [2.05, 4.69) is 0 Å². The van der Waals surface area contributed by atoms with Gasteiger partial charge in [-0.3, -0.25) is 9.59 Å². The lowest BCUT2D eigenvalue weighted by atomic mass is 9.94. The number of rotatable bonds is 5. The number of likely N-dealkylation sites (tertiary alicyclic amines) is 1. The summed E-state index contributed by atoms with van der Waals surface area (Å²) in [7, 11) is 1.55. The Labute approximate surface area is 190 Å². The number of aliphatic hydroxyl groups excluding tert-OH is 1. The lowest BCUT2D eigenvalue weighted by Gasteiger charge is -2.24. The minimum Gasteiger partial charge on any atom is -0.507 e. The van der Waals surface area contributed by atoms with Gasteiger partial charge in [-0.25, -0.2) is 0 Å². The first-order valence-electron chi connectivity index (χ1n) is 10.7. The molecule has 5 rings (SSSR count). The summed E-state index contributed by atoms with van der Waals surface area (Å²) >= 11 is 0. The highest BCUT2D eigenvalue weighted by molar-refractivity contribution is 6.46. The molecule has 1 N–H and O–H groups in total. The lowest BCUT2D eigenvalue weighted by molar-refractivity contribution is -0.140. The number of ether oxygens (including phenoxy) is 2. The summed E-state index contributed by atoms with van der Waals surface area (Å²) in [4.78, 5) is 27.7. The first kappa shape index (κ1) is 20.9. The zero-order valence-corrected chi connectivity index (χ0v) is 18.3. The Morgan fingerprint density at radius 3 is 2.76 bits per heavy atom. The van der Waals surface area contributed by atoms with Gasteiger partial charge in [0.15, 0.2) is 0 Å². The quantitative estimate of drug-likeness (QED) is 0.359. The first-order chi connectivity index (χ1) is 16.0. The average Bonchev–Trinajstić information content (AvgIpc) is 3.52. The van der Waals surface area contributed by atoms with E-state index in [4.69, 9.17) is 13.9 Å². The van der Waals surface area contributed by atoms with E-state index in [1.165, 1.54) is 11.2 Å². The number of methoxy groups -OCH3 is 1. The number of furan rings is 1. The van der Waals surface area contributed by atoms with Gasteiger partial charge in [-0.05, 0) is 60.5 Å². The molecule has 0 spiro atoms. The molecule has 1 aromatic heterocycles. The van der Waals surface area contributed by atoms with Gasteiger partial charge in [0, 0.05) is 12.0 Å². The molecule has 1 saturated heterocycles. The smallest absolute Gasteiger partial charge is 0.296 e. The maximum Gasteiger partial charge on any atom is 0.296 e. The number of ketones is 1. The highest BCUT2D eigenvalue weighted by atomic mass is 16.5. The second-order valence-electron chi connectivity index (χ2n) is 8.24. The Morgan fingerprint density at radius 2 is 2.00 bits per heavy atom. The molecule has 2 atom stereocenters. The van der Waals surface area contributed by atoms with Crippen molar-refractivity contribution in [2.24, 2.45) is 0 Å². The second kappa shape index (κ2) is 8.16. The number of carbonyl (C=O) groups excluding carboxylic acids is 2. The van der Waals surface area contributed by atoms with E-state index in [1.807, 2.05) is 13.0 Å². The van der Waals surface area contributed by atoms with E-state index < -0.39 is 17.7 Å². The molecule has 7 nitrogen and oxygen atoms in total. The maximum atomic E-state index is 13.2. The van der Waals surface area contributed by atoms with Crippen LogP contribution < -0.4 is 9.47 Å². The van der Waals surface area contributed by atoms with Crippen molar-refractivity contribution in [3.05, 3.63) is 88.9 Å². The van der Waals surface area contributed by atoms with Crippen LogP contribution >= 0.6 is 0 Å². The van der Waals surface area contributed by atoms with Crippen LogP contribution in [-0.2, 0) is 22.6 Å². The monoisotopic (exact) mass is 445 g/mol. The minimum atomic E-state index is -0.798. The average molecular weight is 445 g/mol. The molecule has 0 radical (unpaired) electrons. The van der Waals surface area contributed by atoms with Gasteiger partial charge in [-0.2, -0.15) is 0 Å². The van der Waals surface area contributed by atoms with E-state index in [0.29, 0.717) is 29.1 Å². The fraction of sp³-hybridized carbons (Fsp3) is 0.231. The topological polar surface area (TPSA) is 89.2 Å². The molecule has 0 saturated carbocycles. The van der Waals surface area contributed by atoms with Crippen LogP contribution in [0.4, 0.5) is 0 Å². The number of amides is 1. The summed E-state index contributed by atoms with van der Waals surface area (Å²) in [5, 5.41) is 11.3. The predicted octanol–water partition coefficient (Wildman–Crippen LogP) is 4.23. The highest BCUT2D eigenvalue weighted by Gasteiger charge is 2.46. The summed E-state index contributed by atoms with van der Waals surface area (Å²) in [6.45, 7) is 2.06. The largest absolute Gasteiger partial charge is 0.507 e. The number of benzene rings is 2. The Hall–Kier alpha value is -4.00. The van der Waals surface area contributed by atoms with E-state index in [1.54, 1.807) is 55.6 Å². The highest BCUT2D eigenvalue weighted by Crippen LogP contribution is 2.42. The molecule has 1 fully saturated rings. The first-order valence-corrected chi connectivity index (χ1v) is 10.7. The second-order valence-corrected chi connectivity index (χ2v) is 8.24. The molecular weight excluding hydrogens is 422 g/mol. The van der Waals surface area contributed by atoms with Gasteiger partial charge in [0.05, 0.1) is 31.5 Å². The van der Waals surface area contributed by atoms with Crippen LogP contribution in [0.5, 0.6) is 11.5 Å². The SMILES string of the molecule is COc1cccc(C2/C(=C(/O)c3ccc4c(c3)CC(C)O4)C(=O)C(=O)N2Cc2ccco2)c1. The molecule has 7 heteroatoms. The Kier molecular flexibility index (Phi) is 5.17. The number of carbonyl (C=O) groups is 2. The fourth-order valence-electron chi connectivity index (χ4n) is 4.50. The summed E-state index contributed by atoms with van der Waals surface area (Å²) in [5.74, 6) is 0.233. The third kappa shape index (κ3) is 3.65. The van der Waals surface area contributed by atoms with Crippen molar-refractivity contribution in [2.45, 2.75) is 32.0 Å². The van der Waals surface area contributed by atoms with Gasteiger partial charge in [0.25, 0.3) is 11.7 Å². The summed E-state index contributed by atoms with van der Waals surface area (Å²) in [5.41, 5.74) is 2.11. The molecule has 1 amide bonds. The van der Waals surface area contributed by atoms with Crippen molar-refractivity contribution in [1.82, 2.24) is 4.90 Å². The third-order valence-electron chi connectivity index (χ3n) is 6.03. The van der Waals surface area contributed by atoms with Crippen molar-refractivity contribution in [3.63, 3.8) is 0 Å². The van der Waals surface area contributed by atoms with Crippen LogP contribution in [0, 0.1) is 0 Å². The summed E-state index contributed by atoms with van der Waals surface area (Å²) in [6, 6.07) is 15.1. The molecule has 168 valence electrons.